The topological polar surface area (TPSA) is 29.3 Å². The summed E-state index contributed by atoms with van der Waals surface area (Å²) in [5, 5.41) is 2.21. The predicted octanol–water partition coefficient (Wildman–Crippen LogP) is 4.18. The highest BCUT2D eigenvalue weighted by molar-refractivity contribution is 7.10. The lowest BCUT2D eigenvalue weighted by Crippen LogP contribution is -2.43. The van der Waals surface area contributed by atoms with Crippen LogP contribution in [0.5, 0.6) is 0 Å². The largest absolute Gasteiger partial charge is 0.328 e. The van der Waals surface area contributed by atoms with Gasteiger partial charge in [-0.3, -0.25) is 4.90 Å². The summed E-state index contributed by atoms with van der Waals surface area (Å²) in [6.07, 6.45) is 7.41. The minimum atomic E-state index is 0.446. The molecule has 1 heterocycles. The smallest absolute Gasteiger partial charge is 0.0441 e. The number of nitrogens with two attached hydrogens (primary N) is 1. The van der Waals surface area contributed by atoms with Crippen molar-refractivity contribution in [1.82, 2.24) is 4.90 Å². The van der Waals surface area contributed by atoms with Crippen LogP contribution < -0.4 is 5.73 Å². The number of rotatable bonds is 6. The monoisotopic (exact) mass is 280 g/mol. The second-order valence-electron chi connectivity index (χ2n) is 5.75. The minimum Gasteiger partial charge on any atom is -0.328 e. The Bertz CT molecular complexity index is 342. The van der Waals surface area contributed by atoms with Crippen molar-refractivity contribution >= 4 is 11.3 Å². The molecule has 2 N–H and O–H groups in total. The first-order chi connectivity index (χ1) is 9.26. The quantitative estimate of drug-likeness (QED) is 0.847. The van der Waals surface area contributed by atoms with Crippen molar-refractivity contribution in [2.45, 2.75) is 70.5 Å². The first kappa shape index (κ1) is 15.0. The van der Waals surface area contributed by atoms with E-state index in [4.69, 9.17) is 5.73 Å². The first-order valence-corrected chi connectivity index (χ1v) is 8.68. The Kier molecular flexibility index (Phi) is 5.86. The second-order valence-corrected chi connectivity index (χ2v) is 6.73. The van der Waals surface area contributed by atoms with Crippen LogP contribution in [0.25, 0.3) is 0 Å². The summed E-state index contributed by atoms with van der Waals surface area (Å²) in [6, 6.07) is 6.28. The van der Waals surface area contributed by atoms with Crippen molar-refractivity contribution in [3.05, 3.63) is 22.4 Å². The van der Waals surface area contributed by atoms with Crippen LogP contribution in [-0.2, 0) is 0 Å². The van der Waals surface area contributed by atoms with E-state index in [1.165, 1.54) is 49.9 Å². The lowest BCUT2D eigenvalue weighted by Gasteiger charge is -2.40. The Hall–Kier alpha value is -0.380. The maximum Gasteiger partial charge on any atom is 0.0441 e. The molecule has 0 saturated heterocycles. The van der Waals surface area contributed by atoms with E-state index in [2.05, 4.69) is 36.3 Å². The molecule has 1 aliphatic carbocycles. The zero-order chi connectivity index (χ0) is 13.7. The number of hydrogen-bond acceptors (Lipinski definition) is 3. The van der Waals surface area contributed by atoms with Gasteiger partial charge in [0.25, 0.3) is 0 Å². The molecule has 0 amide bonds. The first-order valence-electron chi connectivity index (χ1n) is 7.81. The molecule has 3 heteroatoms. The van der Waals surface area contributed by atoms with E-state index >= 15 is 0 Å². The Morgan fingerprint density at radius 3 is 2.58 bits per heavy atom. The second kappa shape index (κ2) is 7.41. The molecule has 1 fully saturated rings. The maximum atomic E-state index is 6.06. The van der Waals surface area contributed by atoms with E-state index in [1.54, 1.807) is 0 Å². The van der Waals surface area contributed by atoms with E-state index in [0.29, 0.717) is 12.1 Å². The van der Waals surface area contributed by atoms with Gasteiger partial charge in [-0.2, -0.15) is 0 Å². The Morgan fingerprint density at radius 2 is 2.05 bits per heavy atom. The molecule has 0 bridgehead atoms. The zero-order valence-electron chi connectivity index (χ0n) is 12.3. The van der Waals surface area contributed by atoms with Crippen LogP contribution in [0, 0.1) is 0 Å². The molecule has 108 valence electrons. The summed E-state index contributed by atoms with van der Waals surface area (Å²) < 4.78 is 0. The van der Waals surface area contributed by atoms with E-state index in [1.807, 2.05) is 11.3 Å². The van der Waals surface area contributed by atoms with E-state index in [0.717, 1.165) is 6.04 Å². The van der Waals surface area contributed by atoms with Crippen molar-refractivity contribution in [3.63, 3.8) is 0 Å². The summed E-state index contributed by atoms with van der Waals surface area (Å²) in [7, 11) is 0. The number of hydrogen-bond donors (Lipinski definition) is 1. The average molecular weight is 280 g/mol. The fourth-order valence-electron chi connectivity index (χ4n) is 3.36. The predicted molar refractivity (Wildman–Crippen MR) is 84.6 cm³/mol. The van der Waals surface area contributed by atoms with Gasteiger partial charge < -0.3 is 5.73 Å². The molecule has 0 aromatic carbocycles. The van der Waals surface area contributed by atoms with Gasteiger partial charge in [0.2, 0.25) is 0 Å². The molecule has 1 aromatic heterocycles. The Balaban J connectivity index is 2.09. The summed E-state index contributed by atoms with van der Waals surface area (Å²) in [4.78, 5) is 4.29. The zero-order valence-corrected chi connectivity index (χ0v) is 13.2. The van der Waals surface area contributed by atoms with Gasteiger partial charge in [0, 0.05) is 23.0 Å². The highest BCUT2D eigenvalue weighted by Gasteiger charge is 2.29. The maximum absolute atomic E-state index is 6.06. The van der Waals surface area contributed by atoms with Crippen molar-refractivity contribution in [3.8, 4) is 0 Å². The Labute approximate surface area is 122 Å². The van der Waals surface area contributed by atoms with Gasteiger partial charge in [0.1, 0.15) is 0 Å². The standard InChI is InChI=1S/C16H28N2S/c1-3-11-18(14-9-7-13(17)8-10-14)15(4-2)16-6-5-12-19-16/h5-6,12-15H,3-4,7-11,17H2,1-2H3. The van der Waals surface area contributed by atoms with Crippen molar-refractivity contribution in [2.75, 3.05) is 6.54 Å². The molecule has 1 aliphatic rings. The molecule has 0 radical (unpaired) electrons. The molecule has 2 nitrogen and oxygen atoms in total. The van der Waals surface area contributed by atoms with E-state index < -0.39 is 0 Å². The normalized spacial score (nSPS) is 25.7. The third kappa shape index (κ3) is 3.80. The van der Waals surface area contributed by atoms with Crippen LogP contribution >= 0.6 is 11.3 Å². The molecular formula is C16H28N2S. The van der Waals surface area contributed by atoms with Crippen LogP contribution in [0.2, 0.25) is 0 Å². The number of thiophene rings is 1. The Morgan fingerprint density at radius 1 is 1.32 bits per heavy atom. The van der Waals surface area contributed by atoms with Crippen LogP contribution in [0.3, 0.4) is 0 Å². The molecule has 1 saturated carbocycles. The molecule has 2 rings (SSSR count). The third-order valence-corrected chi connectivity index (χ3v) is 5.32. The SMILES string of the molecule is CCCN(C1CCC(N)CC1)C(CC)c1cccs1. The van der Waals surface area contributed by atoms with E-state index in [9.17, 15) is 0 Å². The van der Waals surface area contributed by atoms with Gasteiger partial charge in [-0.15, -0.1) is 11.3 Å². The molecule has 19 heavy (non-hydrogen) atoms. The molecule has 1 unspecified atom stereocenters. The van der Waals surface area contributed by atoms with Crippen molar-refractivity contribution < 1.29 is 0 Å². The van der Waals surface area contributed by atoms with Crippen molar-refractivity contribution in [2.24, 2.45) is 5.73 Å². The van der Waals surface area contributed by atoms with E-state index in [-0.39, 0.29) is 0 Å². The van der Waals surface area contributed by atoms with Gasteiger partial charge in [-0.05, 0) is 56.5 Å². The van der Waals surface area contributed by atoms with Crippen LogP contribution in [0.1, 0.15) is 63.3 Å². The molecule has 0 aliphatic heterocycles. The number of nitrogens with zero attached hydrogens (tertiary/aromatic N) is 1. The summed E-state index contributed by atoms with van der Waals surface area (Å²) in [6.45, 7) is 5.83. The third-order valence-electron chi connectivity index (χ3n) is 4.35. The summed E-state index contributed by atoms with van der Waals surface area (Å²) >= 11 is 1.91. The molecule has 1 aromatic rings. The molecule has 0 spiro atoms. The fraction of sp³-hybridized carbons (Fsp3) is 0.750. The van der Waals surface area contributed by atoms with Gasteiger partial charge in [-0.25, -0.2) is 0 Å². The van der Waals surface area contributed by atoms with Crippen LogP contribution in [0.4, 0.5) is 0 Å². The highest BCUT2D eigenvalue weighted by Crippen LogP contribution is 2.34. The van der Waals surface area contributed by atoms with Crippen LogP contribution in [-0.4, -0.2) is 23.5 Å². The van der Waals surface area contributed by atoms with Gasteiger partial charge in [-0.1, -0.05) is 19.9 Å². The summed E-state index contributed by atoms with van der Waals surface area (Å²) in [5.74, 6) is 0. The van der Waals surface area contributed by atoms with Gasteiger partial charge in [0.15, 0.2) is 0 Å². The van der Waals surface area contributed by atoms with Crippen LogP contribution in [0.15, 0.2) is 17.5 Å². The van der Waals surface area contributed by atoms with Gasteiger partial charge >= 0.3 is 0 Å². The fourth-order valence-corrected chi connectivity index (χ4v) is 4.29. The lowest BCUT2D eigenvalue weighted by atomic mass is 9.89. The highest BCUT2D eigenvalue weighted by atomic mass is 32.1. The molecular weight excluding hydrogens is 252 g/mol. The summed E-state index contributed by atoms with van der Waals surface area (Å²) in [5.41, 5.74) is 6.06. The average Bonchev–Trinajstić information content (AvgIpc) is 2.94. The lowest BCUT2D eigenvalue weighted by molar-refractivity contribution is 0.0979. The van der Waals surface area contributed by atoms with Crippen molar-refractivity contribution in [1.29, 1.82) is 0 Å². The van der Waals surface area contributed by atoms with Gasteiger partial charge in [0.05, 0.1) is 0 Å². The molecule has 1 atom stereocenters. The minimum absolute atomic E-state index is 0.446.